The molecule has 5 rings (SSSR count). The summed E-state index contributed by atoms with van der Waals surface area (Å²) in [6, 6.07) is 15.4. The number of nitrogens with one attached hydrogen (secondary N) is 1. The van der Waals surface area contributed by atoms with Gasteiger partial charge in [0.05, 0.1) is 43.2 Å². The van der Waals surface area contributed by atoms with Crippen LogP contribution in [0.5, 0.6) is 11.5 Å². The molecule has 0 amide bonds. The number of halogens is 1. The van der Waals surface area contributed by atoms with Crippen LogP contribution in [0.15, 0.2) is 60.8 Å². The molecule has 1 N–H and O–H groups in total. The molecule has 0 aliphatic carbocycles. The number of nitrogens with zero attached hydrogens (tertiary/aromatic N) is 3. The molecule has 37 heavy (non-hydrogen) atoms. The lowest BCUT2D eigenvalue weighted by Gasteiger charge is -2.41. The van der Waals surface area contributed by atoms with Crippen molar-refractivity contribution in [2.75, 3.05) is 31.1 Å². The van der Waals surface area contributed by atoms with Gasteiger partial charge in [-0.2, -0.15) is 0 Å². The molecule has 2 atom stereocenters. The maximum atomic E-state index is 7.11. The molecule has 1 aromatic heterocycles. The minimum absolute atomic E-state index is 0.116. The molecule has 0 spiro atoms. The van der Waals surface area contributed by atoms with Crippen LogP contribution < -0.4 is 24.6 Å². The highest BCUT2D eigenvalue weighted by molar-refractivity contribution is 7.80. The number of benzene rings is 2. The normalized spacial score (nSPS) is 20.3. The van der Waals surface area contributed by atoms with E-state index in [9.17, 15) is 0 Å². The SMILES string of the molecule is COc1ccc(OC)c(N2C(=S)N[C@H](c3ccccn3)[C@@H]2c2cc3c(cc2Cl)N(C)C(C)(C)C=C3C)c1. The number of thiocarbonyl (C=S) groups is 1. The fraction of sp³-hybridized carbons (Fsp3) is 0.310. The van der Waals surface area contributed by atoms with Crippen LogP contribution in [-0.2, 0) is 0 Å². The van der Waals surface area contributed by atoms with Crippen molar-refractivity contribution in [3.63, 3.8) is 0 Å². The molecule has 0 radical (unpaired) electrons. The molecule has 3 aromatic rings. The van der Waals surface area contributed by atoms with Gasteiger partial charge in [0, 0.05) is 35.6 Å². The van der Waals surface area contributed by atoms with Crippen molar-refractivity contribution >= 4 is 45.9 Å². The van der Waals surface area contributed by atoms with Gasteiger partial charge in [-0.3, -0.25) is 4.98 Å². The average Bonchev–Trinajstić information content (AvgIpc) is 3.23. The first kappa shape index (κ1) is 25.4. The van der Waals surface area contributed by atoms with E-state index in [0.717, 1.165) is 28.2 Å². The monoisotopic (exact) mass is 534 g/mol. The second-order valence-corrected chi connectivity index (χ2v) is 10.8. The van der Waals surface area contributed by atoms with Crippen LogP contribution in [0.2, 0.25) is 5.02 Å². The zero-order valence-corrected chi connectivity index (χ0v) is 23.4. The number of ether oxygens (including phenoxy) is 2. The van der Waals surface area contributed by atoms with Gasteiger partial charge in [-0.05, 0) is 80.5 Å². The van der Waals surface area contributed by atoms with Crippen LogP contribution >= 0.6 is 23.8 Å². The molecular formula is C29H31ClN4O2S. The fourth-order valence-electron chi connectivity index (χ4n) is 5.33. The van der Waals surface area contributed by atoms with Crippen LogP contribution in [0.1, 0.15) is 49.7 Å². The zero-order chi connectivity index (χ0) is 26.5. The van der Waals surface area contributed by atoms with E-state index >= 15 is 0 Å². The summed E-state index contributed by atoms with van der Waals surface area (Å²) in [5.41, 5.74) is 5.97. The highest BCUT2D eigenvalue weighted by atomic mass is 35.5. The van der Waals surface area contributed by atoms with Gasteiger partial charge in [0.2, 0.25) is 0 Å². The Labute approximate surface area is 228 Å². The molecule has 2 aliphatic rings. The summed E-state index contributed by atoms with van der Waals surface area (Å²) in [6.45, 7) is 6.56. The predicted molar refractivity (Wildman–Crippen MR) is 155 cm³/mol. The Bertz CT molecular complexity index is 1390. The number of hydrogen-bond donors (Lipinski definition) is 1. The number of hydrogen-bond acceptors (Lipinski definition) is 5. The van der Waals surface area contributed by atoms with Crippen LogP contribution in [0.3, 0.4) is 0 Å². The Morgan fingerprint density at radius 1 is 1.05 bits per heavy atom. The van der Waals surface area contributed by atoms with Crippen molar-refractivity contribution in [2.24, 2.45) is 0 Å². The number of rotatable bonds is 5. The predicted octanol–water partition coefficient (Wildman–Crippen LogP) is 6.56. The summed E-state index contributed by atoms with van der Waals surface area (Å²) in [7, 11) is 5.41. The van der Waals surface area contributed by atoms with Crippen molar-refractivity contribution in [1.82, 2.24) is 10.3 Å². The Balaban J connectivity index is 1.74. The highest BCUT2D eigenvalue weighted by Gasteiger charge is 2.43. The minimum atomic E-state index is -0.283. The molecule has 0 saturated carbocycles. The highest BCUT2D eigenvalue weighted by Crippen LogP contribution is 2.49. The fourth-order valence-corrected chi connectivity index (χ4v) is 5.94. The molecule has 1 fully saturated rings. The summed E-state index contributed by atoms with van der Waals surface area (Å²) < 4.78 is 11.3. The summed E-state index contributed by atoms with van der Waals surface area (Å²) >= 11 is 13.0. The molecular weight excluding hydrogens is 504 g/mol. The molecule has 192 valence electrons. The summed E-state index contributed by atoms with van der Waals surface area (Å²) in [4.78, 5) is 9.01. The largest absolute Gasteiger partial charge is 0.497 e. The number of fused-ring (bicyclic) bond motifs is 1. The molecule has 2 aliphatic heterocycles. The Kier molecular flexibility index (Phi) is 6.54. The number of aromatic nitrogens is 1. The van der Waals surface area contributed by atoms with Crippen molar-refractivity contribution in [3.8, 4) is 11.5 Å². The van der Waals surface area contributed by atoms with Gasteiger partial charge in [0.25, 0.3) is 0 Å². The molecule has 1 saturated heterocycles. The van der Waals surface area contributed by atoms with E-state index in [2.05, 4.69) is 66.1 Å². The first-order chi connectivity index (χ1) is 17.7. The minimum Gasteiger partial charge on any atom is -0.497 e. The first-order valence-corrected chi connectivity index (χ1v) is 12.9. The van der Waals surface area contributed by atoms with E-state index < -0.39 is 0 Å². The lowest BCUT2D eigenvalue weighted by atomic mass is 9.86. The van der Waals surface area contributed by atoms with Crippen molar-refractivity contribution in [3.05, 3.63) is 82.6 Å². The topological polar surface area (TPSA) is 49.9 Å². The van der Waals surface area contributed by atoms with Crippen molar-refractivity contribution < 1.29 is 9.47 Å². The summed E-state index contributed by atoms with van der Waals surface area (Å²) in [6.07, 6.45) is 4.09. The number of allylic oxidation sites excluding steroid dienone is 1. The maximum Gasteiger partial charge on any atom is 0.174 e. The Hall–Kier alpha value is -3.29. The van der Waals surface area contributed by atoms with Crippen LogP contribution in [0.4, 0.5) is 11.4 Å². The second kappa shape index (κ2) is 9.54. The Morgan fingerprint density at radius 2 is 1.84 bits per heavy atom. The third-order valence-corrected chi connectivity index (χ3v) is 8.04. The van der Waals surface area contributed by atoms with Crippen LogP contribution in [0.25, 0.3) is 5.57 Å². The van der Waals surface area contributed by atoms with Gasteiger partial charge < -0.3 is 24.6 Å². The van der Waals surface area contributed by atoms with E-state index in [4.69, 9.17) is 33.3 Å². The van der Waals surface area contributed by atoms with Crippen LogP contribution in [-0.4, -0.2) is 36.9 Å². The van der Waals surface area contributed by atoms with E-state index in [0.29, 0.717) is 21.6 Å². The van der Waals surface area contributed by atoms with E-state index in [1.165, 1.54) is 5.57 Å². The van der Waals surface area contributed by atoms with Crippen molar-refractivity contribution in [1.29, 1.82) is 0 Å². The number of likely N-dealkylation sites (N-methyl/N-ethyl adjacent to an activating group) is 1. The molecule has 8 heteroatoms. The van der Waals surface area contributed by atoms with Crippen molar-refractivity contribution in [2.45, 2.75) is 38.4 Å². The standard InChI is InChI=1S/C29H31ClN4O2S/c1-17-16-29(2,3)33(4)23-15-21(30)20(14-19(17)23)27-26(22-9-7-8-12-31-22)32-28(37)34(27)24-13-18(35-5)10-11-25(24)36-6/h7-16,26-27H,1-6H3,(H,32,37)/t26-,27+/m1/s1. The molecule has 0 bridgehead atoms. The van der Waals surface area contributed by atoms with Gasteiger partial charge in [-0.1, -0.05) is 23.7 Å². The second-order valence-electron chi connectivity index (χ2n) is 9.97. The number of pyridine rings is 1. The average molecular weight is 535 g/mol. The van der Waals surface area contributed by atoms with Gasteiger partial charge in [-0.15, -0.1) is 0 Å². The van der Waals surface area contributed by atoms with E-state index in [1.54, 1.807) is 20.4 Å². The molecule has 3 heterocycles. The smallest absolute Gasteiger partial charge is 0.174 e. The number of anilines is 2. The summed E-state index contributed by atoms with van der Waals surface area (Å²) in [5.74, 6) is 1.39. The summed E-state index contributed by atoms with van der Waals surface area (Å²) in [5, 5.41) is 4.74. The van der Waals surface area contributed by atoms with Crippen LogP contribution in [0, 0.1) is 0 Å². The van der Waals surface area contributed by atoms with Gasteiger partial charge in [0.1, 0.15) is 11.5 Å². The molecule has 2 aromatic carbocycles. The van der Waals surface area contributed by atoms with Gasteiger partial charge in [0.15, 0.2) is 5.11 Å². The lowest BCUT2D eigenvalue weighted by molar-refractivity contribution is 0.403. The third kappa shape index (κ3) is 4.30. The molecule has 0 unspecified atom stereocenters. The maximum absolute atomic E-state index is 7.11. The van der Waals surface area contributed by atoms with E-state index in [1.807, 2.05) is 36.4 Å². The third-order valence-electron chi connectivity index (χ3n) is 7.40. The zero-order valence-electron chi connectivity index (χ0n) is 21.9. The lowest BCUT2D eigenvalue weighted by Crippen LogP contribution is -2.42. The first-order valence-electron chi connectivity index (χ1n) is 12.2. The number of methoxy groups -OCH3 is 2. The Morgan fingerprint density at radius 3 is 2.51 bits per heavy atom. The van der Waals surface area contributed by atoms with Gasteiger partial charge in [-0.25, -0.2) is 0 Å². The van der Waals surface area contributed by atoms with E-state index in [-0.39, 0.29) is 17.6 Å². The quantitative estimate of drug-likeness (QED) is 0.372. The van der Waals surface area contributed by atoms with Gasteiger partial charge >= 0.3 is 0 Å². The molecule has 6 nitrogen and oxygen atoms in total.